The summed E-state index contributed by atoms with van der Waals surface area (Å²) >= 11 is 4.94. The molecule has 2 aromatic rings. The zero-order valence-electron chi connectivity index (χ0n) is 11.4. The summed E-state index contributed by atoms with van der Waals surface area (Å²) in [6.07, 6.45) is 4.74. The molecule has 0 bridgehead atoms. The summed E-state index contributed by atoms with van der Waals surface area (Å²) in [5.41, 5.74) is 0.349. The number of hydrogen-bond acceptors (Lipinski definition) is 2. The van der Waals surface area contributed by atoms with Gasteiger partial charge in [-0.15, -0.1) is 11.3 Å². The van der Waals surface area contributed by atoms with Crippen molar-refractivity contribution in [2.45, 2.75) is 31.7 Å². The number of thiophene rings is 1. The SMILES string of the molecule is Fc1cc(F)c(NC(c2cccs2)C2CCCC2)c(Br)c1. The Bertz CT molecular complexity index is 586. The van der Waals surface area contributed by atoms with E-state index in [2.05, 4.69) is 27.3 Å². The van der Waals surface area contributed by atoms with Crippen LogP contribution in [-0.2, 0) is 0 Å². The maximum atomic E-state index is 14.1. The molecule has 3 rings (SSSR count). The van der Waals surface area contributed by atoms with Crippen molar-refractivity contribution in [2.75, 3.05) is 5.32 Å². The molecule has 0 radical (unpaired) electrons. The van der Waals surface area contributed by atoms with Gasteiger partial charge in [0.2, 0.25) is 0 Å². The van der Waals surface area contributed by atoms with E-state index in [0.717, 1.165) is 18.9 Å². The summed E-state index contributed by atoms with van der Waals surface area (Å²) in [4.78, 5) is 1.21. The zero-order chi connectivity index (χ0) is 14.8. The van der Waals surface area contributed by atoms with Crippen LogP contribution in [0.15, 0.2) is 34.1 Å². The number of benzene rings is 1. The lowest BCUT2D eigenvalue weighted by molar-refractivity contribution is 0.472. The first-order valence-corrected chi connectivity index (χ1v) is 8.77. The van der Waals surface area contributed by atoms with E-state index in [4.69, 9.17) is 0 Å². The minimum absolute atomic E-state index is 0.0868. The van der Waals surface area contributed by atoms with E-state index in [-0.39, 0.29) is 6.04 Å². The van der Waals surface area contributed by atoms with Crippen LogP contribution in [-0.4, -0.2) is 0 Å². The van der Waals surface area contributed by atoms with Crippen molar-refractivity contribution in [2.24, 2.45) is 5.92 Å². The molecular formula is C16H16BrF2NS. The quantitative estimate of drug-likeness (QED) is 0.681. The molecule has 1 fully saturated rings. The first kappa shape index (κ1) is 15.0. The molecule has 0 amide bonds. The van der Waals surface area contributed by atoms with Crippen LogP contribution in [0.4, 0.5) is 14.5 Å². The van der Waals surface area contributed by atoms with Crippen molar-refractivity contribution in [1.82, 2.24) is 0 Å². The van der Waals surface area contributed by atoms with Gasteiger partial charge in [-0.2, -0.15) is 0 Å². The molecule has 0 aliphatic heterocycles. The van der Waals surface area contributed by atoms with E-state index in [9.17, 15) is 8.78 Å². The van der Waals surface area contributed by atoms with Crippen molar-refractivity contribution < 1.29 is 8.78 Å². The molecule has 1 unspecified atom stereocenters. The number of hydrogen-bond donors (Lipinski definition) is 1. The van der Waals surface area contributed by atoms with Gasteiger partial charge in [0.1, 0.15) is 11.6 Å². The van der Waals surface area contributed by atoms with Crippen molar-refractivity contribution in [1.29, 1.82) is 0 Å². The monoisotopic (exact) mass is 371 g/mol. The van der Waals surface area contributed by atoms with Crippen LogP contribution in [0.3, 0.4) is 0 Å². The van der Waals surface area contributed by atoms with Crippen LogP contribution >= 0.6 is 27.3 Å². The maximum absolute atomic E-state index is 14.1. The molecule has 1 aliphatic carbocycles. The summed E-state index contributed by atoms with van der Waals surface area (Å²) in [7, 11) is 0. The van der Waals surface area contributed by atoms with Crippen LogP contribution in [0.1, 0.15) is 36.6 Å². The summed E-state index contributed by atoms with van der Waals surface area (Å²) in [6.45, 7) is 0. The van der Waals surface area contributed by atoms with E-state index < -0.39 is 11.6 Å². The first-order chi connectivity index (χ1) is 10.1. The molecule has 1 nitrogen and oxygen atoms in total. The Hall–Kier alpha value is -0.940. The van der Waals surface area contributed by atoms with Gasteiger partial charge in [-0.3, -0.25) is 0 Å². The topological polar surface area (TPSA) is 12.0 Å². The highest BCUT2D eigenvalue weighted by atomic mass is 79.9. The average molecular weight is 372 g/mol. The van der Waals surface area contributed by atoms with Crippen molar-refractivity contribution >= 4 is 33.0 Å². The van der Waals surface area contributed by atoms with Gasteiger partial charge >= 0.3 is 0 Å². The molecule has 0 saturated heterocycles. The summed E-state index contributed by atoms with van der Waals surface area (Å²) < 4.78 is 27.7. The molecule has 1 saturated carbocycles. The van der Waals surface area contributed by atoms with Crippen LogP contribution in [0.25, 0.3) is 0 Å². The van der Waals surface area contributed by atoms with E-state index in [1.54, 1.807) is 11.3 Å². The predicted octanol–water partition coefficient (Wildman–Crippen LogP) is 6.13. The van der Waals surface area contributed by atoms with Gasteiger partial charge in [-0.25, -0.2) is 8.78 Å². The Morgan fingerprint density at radius 2 is 2.00 bits per heavy atom. The fourth-order valence-corrected chi connectivity index (χ4v) is 4.41. The third-order valence-corrected chi connectivity index (χ3v) is 5.61. The molecule has 112 valence electrons. The zero-order valence-corrected chi connectivity index (χ0v) is 13.8. The van der Waals surface area contributed by atoms with Crippen molar-refractivity contribution in [3.63, 3.8) is 0 Å². The molecule has 0 spiro atoms. The Morgan fingerprint density at radius 3 is 2.62 bits per heavy atom. The van der Waals surface area contributed by atoms with Gasteiger partial charge < -0.3 is 5.32 Å². The number of rotatable bonds is 4. The van der Waals surface area contributed by atoms with Gasteiger partial charge in [-0.05, 0) is 52.2 Å². The number of anilines is 1. The molecule has 5 heteroatoms. The Balaban J connectivity index is 1.91. The number of nitrogens with one attached hydrogen (secondary N) is 1. The summed E-state index contributed by atoms with van der Waals surface area (Å²) in [5, 5.41) is 5.35. The number of halogens is 3. The lowest BCUT2D eigenvalue weighted by atomic mass is 9.96. The van der Waals surface area contributed by atoms with E-state index in [1.807, 2.05) is 11.4 Å². The van der Waals surface area contributed by atoms with Gasteiger partial charge in [0.25, 0.3) is 0 Å². The van der Waals surface area contributed by atoms with Crippen LogP contribution in [0.5, 0.6) is 0 Å². The minimum Gasteiger partial charge on any atom is -0.374 e. The fourth-order valence-electron chi connectivity index (χ4n) is 3.02. The highest BCUT2D eigenvalue weighted by Gasteiger charge is 2.28. The molecule has 1 atom stereocenters. The smallest absolute Gasteiger partial charge is 0.150 e. The fraction of sp³-hybridized carbons (Fsp3) is 0.375. The summed E-state index contributed by atoms with van der Waals surface area (Å²) in [5.74, 6) is -0.625. The van der Waals surface area contributed by atoms with Crippen LogP contribution in [0.2, 0.25) is 0 Å². The normalized spacial score (nSPS) is 17.1. The van der Waals surface area contributed by atoms with E-state index in [1.165, 1.54) is 23.8 Å². The molecular weight excluding hydrogens is 356 g/mol. The second-order valence-electron chi connectivity index (χ2n) is 5.43. The lowest BCUT2D eigenvalue weighted by Crippen LogP contribution is -2.19. The van der Waals surface area contributed by atoms with Gasteiger partial charge in [0.05, 0.1) is 11.7 Å². The van der Waals surface area contributed by atoms with Crippen molar-refractivity contribution in [3.8, 4) is 0 Å². The largest absolute Gasteiger partial charge is 0.374 e. The second-order valence-corrected chi connectivity index (χ2v) is 7.26. The third-order valence-electron chi connectivity index (χ3n) is 4.03. The third kappa shape index (κ3) is 3.29. The highest BCUT2D eigenvalue weighted by Crippen LogP contribution is 2.41. The first-order valence-electron chi connectivity index (χ1n) is 7.09. The predicted molar refractivity (Wildman–Crippen MR) is 86.7 cm³/mol. The maximum Gasteiger partial charge on any atom is 0.150 e. The van der Waals surface area contributed by atoms with Gasteiger partial charge in [0, 0.05) is 15.4 Å². The van der Waals surface area contributed by atoms with Crippen molar-refractivity contribution in [3.05, 3.63) is 50.6 Å². The molecule has 1 N–H and O–H groups in total. The van der Waals surface area contributed by atoms with Gasteiger partial charge in [0.15, 0.2) is 0 Å². The Labute approximate surface area is 135 Å². The minimum atomic E-state index is -0.571. The van der Waals surface area contributed by atoms with E-state index in [0.29, 0.717) is 16.1 Å². The molecule has 1 aromatic carbocycles. The highest BCUT2D eigenvalue weighted by molar-refractivity contribution is 9.10. The molecule has 21 heavy (non-hydrogen) atoms. The van der Waals surface area contributed by atoms with Crippen LogP contribution < -0.4 is 5.32 Å². The Morgan fingerprint density at radius 1 is 1.24 bits per heavy atom. The average Bonchev–Trinajstić information content (AvgIpc) is 3.11. The molecule has 1 aliphatic rings. The van der Waals surface area contributed by atoms with Gasteiger partial charge in [-0.1, -0.05) is 18.9 Å². The molecule has 1 aromatic heterocycles. The second kappa shape index (κ2) is 6.44. The van der Waals surface area contributed by atoms with E-state index >= 15 is 0 Å². The van der Waals surface area contributed by atoms with Crippen LogP contribution in [0, 0.1) is 17.6 Å². The summed E-state index contributed by atoms with van der Waals surface area (Å²) in [6, 6.07) is 6.40. The molecule has 1 heterocycles. The standard InChI is InChI=1S/C16H16BrF2NS/c17-12-8-11(18)9-13(19)16(12)20-15(10-4-1-2-5-10)14-6-3-7-21-14/h3,6-10,15,20H,1-2,4-5H2. The Kier molecular flexibility index (Phi) is 4.60. The lowest BCUT2D eigenvalue weighted by Gasteiger charge is -2.25.